The van der Waals surface area contributed by atoms with Crippen LogP contribution >= 0.6 is 0 Å². The number of nitriles is 1. The van der Waals surface area contributed by atoms with Crippen LogP contribution in [0.25, 0.3) is 0 Å². The standard InChI is InChI=1S/C20H20N4O2/c21-12-15-7-3-4-8-18(15)23-19(25)16-11-17(14-22-13-16)20(26)24-9-5-1-2-6-10-24/h3-4,7-8,11,13-14H,1-2,5-6,9-10H2,(H,23,25). The highest BCUT2D eigenvalue weighted by atomic mass is 16.2. The zero-order chi connectivity index (χ0) is 18.4. The fourth-order valence-electron chi connectivity index (χ4n) is 3.02. The van der Waals surface area contributed by atoms with Gasteiger partial charge in [-0.3, -0.25) is 14.6 Å². The van der Waals surface area contributed by atoms with E-state index < -0.39 is 5.91 Å². The number of likely N-dealkylation sites (tertiary alicyclic amines) is 1. The summed E-state index contributed by atoms with van der Waals surface area (Å²) < 4.78 is 0. The molecule has 3 rings (SSSR count). The first-order chi connectivity index (χ1) is 12.7. The van der Waals surface area contributed by atoms with Crippen molar-refractivity contribution in [1.29, 1.82) is 5.26 Å². The number of para-hydroxylation sites is 1. The number of nitrogens with zero attached hydrogens (tertiary/aromatic N) is 3. The molecule has 2 amide bonds. The van der Waals surface area contributed by atoms with Crippen LogP contribution in [0.1, 0.15) is 52.0 Å². The lowest BCUT2D eigenvalue weighted by atomic mass is 10.1. The van der Waals surface area contributed by atoms with Crippen molar-refractivity contribution in [2.24, 2.45) is 0 Å². The predicted molar refractivity (Wildman–Crippen MR) is 97.7 cm³/mol. The van der Waals surface area contributed by atoms with Gasteiger partial charge in [0.15, 0.2) is 0 Å². The molecule has 1 aliphatic rings. The second-order valence-electron chi connectivity index (χ2n) is 6.28. The topological polar surface area (TPSA) is 86.1 Å². The molecular weight excluding hydrogens is 328 g/mol. The molecule has 132 valence electrons. The van der Waals surface area contributed by atoms with Crippen molar-refractivity contribution in [3.8, 4) is 6.07 Å². The Labute approximate surface area is 152 Å². The van der Waals surface area contributed by atoms with Gasteiger partial charge in [-0.1, -0.05) is 25.0 Å². The number of hydrogen-bond acceptors (Lipinski definition) is 4. The number of carbonyl (C=O) groups is 2. The Morgan fingerprint density at radius 3 is 2.46 bits per heavy atom. The number of anilines is 1. The molecule has 0 spiro atoms. The average Bonchev–Trinajstić information content (AvgIpc) is 2.97. The molecule has 2 aromatic rings. The molecule has 2 heterocycles. The van der Waals surface area contributed by atoms with Gasteiger partial charge in [-0.25, -0.2) is 0 Å². The fraction of sp³-hybridized carbons (Fsp3) is 0.300. The Kier molecular flexibility index (Phi) is 5.59. The van der Waals surface area contributed by atoms with E-state index in [1.165, 1.54) is 12.4 Å². The Morgan fingerprint density at radius 1 is 1.04 bits per heavy atom. The van der Waals surface area contributed by atoms with E-state index in [0.29, 0.717) is 22.4 Å². The first-order valence-corrected chi connectivity index (χ1v) is 8.74. The highest BCUT2D eigenvalue weighted by molar-refractivity contribution is 6.06. The third-order valence-corrected chi connectivity index (χ3v) is 4.44. The number of aromatic nitrogens is 1. The lowest BCUT2D eigenvalue weighted by Crippen LogP contribution is -2.32. The number of carbonyl (C=O) groups excluding carboxylic acids is 2. The molecule has 26 heavy (non-hydrogen) atoms. The van der Waals surface area contributed by atoms with Crippen molar-refractivity contribution in [2.45, 2.75) is 25.7 Å². The normalized spacial score (nSPS) is 14.2. The van der Waals surface area contributed by atoms with Crippen LogP contribution in [0.15, 0.2) is 42.7 Å². The van der Waals surface area contributed by atoms with Crippen LogP contribution in [0.5, 0.6) is 0 Å². The molecule has 6 heteroatoms. The Hall–Kier alpha value is -3.20. The van der Waals surface area contributed by atoms with Gasteiger partial charge in [0.25, 0.3) is 11.8 Å². The molecule has 0 saturated carbocycles. The van der Waals surface area contributed by atoms with Gasteiger partial charge in [0.1, 0.15) is 6.07 Å². The summed E-state index contributed by atoms with van der Waals surface area (Å²) in [6.07, 6.45) is 7.21. The first kappa shape index (κ1) is 17.6. The minimum Gasteiger partial charge on any atom is -0.339 e. The fourth-order valence-corrected chi connectivity index (χ4v) is 3.02. The predicted octanol–water partition coefficient (Wildman–Crippen LogP) is 3.22. The highest BCUT2D eigenvalue weighted by Gasteiger charge is 2.19. The summed E-state index contributed by atoms with van der Waals surface area (Å²) in [4.78, 5) is 31.1. The van der Waals surface area contributed by atoms with Crippen LogP contribution in [0.3, 0.4) is 0 Å². The summed E-state index contributed by atoms with van der Waals surface area (Å²) >= 11 is 0. The van der Waals surface area contributed by atoms with Gasteiger partial charge in [-0.15, -0.1) is 0 Å². The van der Waals surface area contributed by atoms with E-state index in [2.05, 4.69) is 10.3 Å². The molecule has 6 nitrogen and oxygen atoms in total. The van der Waals surface area contributed by atoms with E-state index >= 15 is 0 Å². The molecule has 1 aromatic carbocycles. The summed E-state index contributed by atoms with van der Waals surface area (Å²) in [6.45, 7) is 1.48. The van der Waals surface area contributed by atoms with Crippen molar-refractivity contribution in [1.82, 2.24) is 9.88 Å². The molecule has 1 N–H and O–H groups in total. The quantitative estimate of drug-likeness (QED) is 0.923. The van der Waals surface area contributed by atoms with Gasteiger partial charge >= 0.3 is 0 Å². The molecule has 0 bridgehead atoms. The Morgan fingerprint density at radius 2 is 1.73 bits per heavy atom. The molecule has 0 atom stereocenters. The van der Waals surface area contributed by atoms with E-state index in [1.807, 2.05) is 11.0 Å². The van der Waals surface area contributed by atoms with Gasteiger partial charge in [-0.05, 0) is 31.0 Å². The minimum atomic E-state index is -0.397. The lowest BCUT2D eigenvalue weighted by molar-refractivity contribution is 0.0761. The van der Waals surface area contributed by atoms with Gasteiger partial charge in [0.2, 0.25) is 0 Å². The van der Waals surface area contributed by atoms with Crippen LogP contribution < -0.4 is 5.32 Å². The molecular formula is C20H20N4O2. The molecule has 0 aliphatic carbocycles. The smallest absolute Gasteiger partial charge is 0.257 e. The second-order valence-corrected chi connectivity index (χ2v) is 6.28. The van der Waals surface area contributed by atoms with Crippen molar-refractivity contribution in [3.63, 3.8) is 0 Å². The summed E-state index contributed by atoms with van der Waals surface area (Å²) in [5, 5.41) is 11.8. The van der Waals surface area contributed by atoms with Crippen LogP contribution in [-0.4, -0.2) is 34.8 Å². The number of rotatable bonds is 3. The molecule has 0 radical (unpaired) electrons. The molecule has 1 saturated heterocycles. The number of nitrogens with one attached hydrogen (secondary N) is 1. The van der Waals surface area contributed by atoms with Gasteiger partial charge in [0, 0.05) is 25.5 Å². The zero-order valence-electron chi connectivity index (χ0n) is 14.4. The lowest BCUT2D eigenvalue weighted by Gasteiger charge is -2.20. The maximum Gasteiger partial charge on any atom is 0.257 e. The first-order valence-electron chi connectivity index (χ1n) is 8.74. The summed E-state index contributed by atoms with van der Waals surface area (Å²) in [6, 6.07) is 10.4. The summed E-state index contributed by atoms with van der Waals surface area (Å²) in [7, 11) is 0. The minimum absolute atomic E-state index is 0.0912. The second kappa shape index (κ2) is 8.26. The number of pyridine rings is 1. The third-order valence-electron chi connectivity index (χ3n) is 4.44. The van der Waals surface area contributed by atoms with E-state index in [4.69, 9.17) is 5.26 Å². The highest BCUT2D eigenvalue weighted by Crippen LogP contribution is 2.17. The molecule has 1 aromatic heterocycles. The van der Waals surface area contributed by atoms with Crippen LogP contribution in [0, 0.1) is 11.3 Å². The van der Waals surface area contributed by atoms with E-state index in [9.17, 15) is 9.59 Å². The summed E-state index contributed by atoms with van der Waals surface area (Å²) in [5.74, 6) is -0.489. The number of benzene rings is 1. The largest absolute Gasteiger partial charge is 0.339 e. The van der Waals surface area contributed by atoms with Crippen molar-refractivity contribution in [3.05, 3.63) is 59.4 Å². The summed E-state index contributed by atoms with van der Waals surface area (Å²) in [5.41, 5.74) is 1.52. The zero-order valence-corrected chi connectivity index (χ0v) is 14.4. The van der Waals surface area contributed by atoms with Crippen LogP contribution in [0.4, 0.5) is 5.69 Å². The van der Waals surface area contributed by atoms with E-state index in [0.717, 1.165) is 38.8 Å². The third kappa shape index (κ3) is 4.06. The monoisotopic (exact) mass is 348 g/mol. The maximum absolute atomic E-state index is 12.7. The van der Waals surface area contributed by atoms with Gasteiger partial charge in [-0.2, -0.15) is 5.26 Å². The van der Waals surface area contributed by atoms with Crippen LogP contribution in [-0.2, 0) is 0 Å². The number of hydrogen-bond donors (Lipinski definition) is 1. The van der Waals surface area contributed by atoms with Crippen LogP contribution in [0.2, 0.25) is 0 Å². The van der Waals surface area contributed by atoms with Crippen molar-refractivity contribution < 1.29 is 9.59 Å². The van der Waals surface area contributed by atoms with Gasteiger partial charge in [0.05, 0.1) is 22.4 Å². The average molecular weight is 348 g/mol. The molecule has 1 fully saturated rings. The maximum atomic E-state index is 12.7. The molecule has 1 aliphatic heterocycles. The van der Waals surface area contributed by atoms with Gasteiger partial charge < -0.3 is 10.2 Å². The van der Waals surface area contributed by atoms with Crippen molar-refractivity contribution in [2.75, 3.05) is 18.4 Å². The number of amides is 2. The Bertz CT molecular complexity index is 849. The van der Waals surface area contributed by atoms with Crippen molar-refractivity contribution >= 4 is 17.5 Å². The van der Waals surface area contributed by atoms with E-state index in [1.54, 1.807) is 30.3 Å². The molecule has 0 unspecified atom stereocenters. The van der Waals surface area contributed by atoms with E-state index in [-0.39, 0.29) is 5.91 Å². The SMILES string of the molecule is N#Cc1ccccc1NC(=O)c1cncc(C(=O)N2CCCCCC2)c1. The Balaban J connectivity index is 1.77.